The molecule has 0 saturated heterocycles. The van der Waals surface area contributed by atoms with Gasteiger partial charge < -0.3 is 10.6 Å². The van der Waals surface area contributed by atoms with Crippen LogP contribution in [0.2, 0.25) is 0 Å². The smallest absolute Gasteiger partial charge is 0.0621 e. The molecule has 17 heavy (non-hydrogen) atoms. The van der Waals surface area contributed by atoms with Crippen LogP contribution in [0, 0.1) is 0 Å². The molecule has 1 heterocycles. The summed E-state index contributed by atoms with van der Waals surface area (Å²) < 4.78 is 0. The molecule has 0 spiro atoms. The Morgan fingerprint density at radius 1 is 1.41 bits per heavy atom. The monoisotopic (exact) mass is 253 g/mol. The van der Waals surface area contributed by atoms with Crippen LogP contribution in [-0.4, -0.2) is 42.3 Å². The summed E-state index contributed by atoms with van der Waals surface area (Å²) in [7, 11) is 4.19. The number of nitrogens with two attached hydrogens (primary N) is 1. The van der Waals surface area contributed by atoms with Gasteiger partial charge in [0.2, 0.25) is 0 Å². The molecule has 0 radical (unpaired) electrons. The minimum Gasteiger partial charge on any atom is -0.326 e. The van der Waals surface area contributed by atoms with Gasteiger partial charge in [-0.05, 0) is 32.6 Å². The summed E-state index contributed by atoms with van der Waals surface area (Å²) in [4.78, 5) is 6.63. The lowest BCUT2D eigenvalue weighted by molar-refractivity contribution is 0.437. The maximum Gasteiger partial charge on any atom is 0.0621 e. The number of pyridine rings is 1. The van der Waals surface area contributed by atoms with Crippen LogP contribution < -0.4 is 5.73 Å². The van der Waals surface area contributed by atoms with Crippen LogP contribution in [0.3, 0.4) is 0 Å². The van der Waals surface area contributed by atoms with Gasteiger partial charge in [0.15, 0.2) is 0 Å². The molecule has 4 heteroatoms. The Morgan fingerprint density at radius 3 is 2.71 bits per heavy atom. The highest BCUT2D eigenvalue weighted by molar-refractivity contribution is 7.99. The van der Waals surface area contributed by atoms with Crippen molar-refractivity contribution in [1.29, 1.82) is 0 Å². The van der Waals surface area contributed by atoms with Gasteiger partial charge in [0.05, 0.1) is 10.9 Å². The molecule has 0 aliphatic carbocycles. The second kappa shape index (κ2) is 7.69. The van der Waals surface area contributed by atoms with Crippen molar-refractivity contribution in [2.45, 2.75) is 24.6 Å². The lowest BCUT2D eigenvalue weighted by Crippen LogP contribution is -2.27. The quantitative estimate of drug-likeness (QED) is 0.808. The molecule has 0 fully saturated rings. The fourth-order valence-corrected chi connectivity index (χ4v) is 3.02. The molecule has 0 saturated carbocycles. The summed E-state index contributed by atoms with van der Waals surface area (Å²) in [6, 6.07) is 6.23. The lowest BCUT2D eigenvalue weighted by atomic mass is 10.1. The molecule has 0 aromatic carbocycles. The van der Waals surface area contributed by atoms with E-state index < -0.39 is 0 Å². The summed E-state index contributed by atoms with van der Waals surface area (Å²) in [5.41, 5.74) is 7.29. The van der Waals surface area contributed by atoms with Crippen molar-refractivity contribution >= 4 is 11.8 Å². The van der Waals surface area contributed by atoms with Crippen molar-refractivity contribution in [3.63, 3.8) is 0 Å². The molecule has 0 bridgehead atoms. The second-order valence-corrected chi connectivity index (χ2v) is 5.67. The van der Waals surface area contributed by atoms with E-state index in [0.717, 1.165) is 24.4 Å². The van der Waals surface area contributed by atoms with Crippen LogP contribution in [0.5, 0.6) is 0 Å². The van der Waals surface area contributed by atoms with Crippen molar-refractivity contribution in [3.8, 4) is 0 Å². The number of nitrogens with zero attached hydrogens (tertiary/aromatic N) is 2. The molecule has 0 aliphatic rings. The van der Waals surface area contributed by atoms with E-state index >= 15 is 0 Å². The van der Waals surface area contributed by atoms with Crippen molar-refractivity contribution in [2.24, 2.45) is 5.73 Å². The van der Waals surface area contributed by atoms with Crippen molar-refractivity contribution < 1.29 is 0 Å². The third-order valence-electron chi connectivity index (χ3n) is 2.68. The fraction of sp³-hybridized carbons (Fsp3) is 0.615. The van der Waals surface area contributed by atoms with Crippen molar-refractivity contribution in [1.82, 2.24) is 9.88 Å². The van der Waals surface area contributed by atoms with Crippen molar-refractivity contribution in [2.75, 3.05) is 26.4 Å². The third kappa shape index (κ3) is 5.06. The van der Waals surface area contributed by atoms with E-state index in [4.69, 9.17) is 5.73 Å². The average Bonchev–Trinajstić information content (AvgIpc) is 2.34. The Kier molecular flexibility index (Phi) is 6.55. The zero-order valence-electron chi connectivity index (χ0n) is 11.0. The van der Waals surface area contributed by atoms with Gasteiger partial charge in [-0.3, -0.25) is 4.98 Å². The van der Waals surface area contributed by atoms with Crippen LogP contribution in [0.1, 0.15) is 24.3 Å². The Balaban J connectivity index is 2.61. The summed E-state index contributed by atoms with van der Waals surface area (Å²) >= 11 is 1.91. The Labute approximate surface area is 109 Å². The minimum atomic E-state index is 0.178. The Morgan fingerprint density at radius 2 is 2.18 bits per heavy atom. The van der Waals surface area contributed by atoms with Crippen LogP contribution in [-0.2, 0) is 0 Å². The summed E-state index contributed by atoms with van der Waals surface area (Å²) in [5, 5.41) is 0.307. The number of aromatic nitrogens is 1. The van der Waals surface area contributed by atoms with Gasteiger partial charge in [0.1, 0.15) is 0 Å². The predicted octanol–water partition coefficient (Wildman–Crippen LogP) is 2.15. The number of hydrogen-bond acceptors (Lipinski definition) is 4. The van der Waals surface area contributed by atoms with Gasteiger partial charge in [-0.2, -0.15) is 0 Å². The number of rotatable bonds is 7. The SMILES string of the molecule is CCC(N)C(SCCN(C)C)c1ccccn1. The molecule has 1 aromatic heterocycles. The first-order valence-electron chi connectivity index (χ1n) is 6.08. The van der Waals surface area contributed by atoms with Crippen LogP contribution in [0.25, 0.3) is 0 Å². The standard InChI is InChI=1S/C13H23N3S/c1-4-11(14)13(17-10-9-16(2)3)12-7-5-6-8-15-12/h5-8,11,13H,4,9-10,14H2,1-3H3. The normalized spacial score (nSPS) is 14.9. The van der Waals surface area contributed by atoms with E-state index in [1.54, 1.807) is 0 Å². The second-order valence-electron chi connectivity index (χ2n) is 4.42. The molecule has 0 aliphatic heterocycles. The third-order valence-corrected chi connectivity index (χ3v) is 4.04. The van der Waals surface area contributed by atoms with Crippen LogP contribution in [0.4, 0.5) is 0 Å². The van der Waals surface area contributed by atoms with Crippen molar-refractivity contribution in [3.05, 3.63) is 30.1 Å². The summed E-state index contributed by atoms with van der Waals surface area (Å²) in [5.74, 6) is 1.09. The molecule has 3 nitrogen and oxygen atoms in total. The molecule has 2 N–H and O–H groups in total. The zero-order valence-corrected chi connectivity index (χ0v) is 11.8. The first-order chi connectivity index (χ1) is 8.15. The van der Waals surface area contributed by atoms with Gasteiger partial charge in [-0.25, -0.2) is 0 Å². The lowest BCUT2D eigenvalue weighted by Gasteiger charge is -2.22. The highest BCUT2D eigenvalue weighted by atomic mass is 32.2. The van der Waals surface area contributed by atoms with E-state index in [0.29, 0.717) is 5.25 Å². The van der Waals surface area contributed by atoms with Gasteiger partial charge in [0, 0.05) is 24.5 Å². The maximum atomic E-state index is 6.19. The average molecular weight is 253 g/mol. The largest absolute Gasteiger partial charge is 0.326 e. The molecule has 96 valence electrons. The van der Waals surface area contributed by atoms with E-state index in [1.165, 1.54) is 0 Å². The van der Waals surface area contributed by atoms with E-state index in [1.807, 2.05) is 30.1 Å². The maximum absolute atomic E-state index is 6.19. The predicted molar refractivity (Wildman–Crippen MR) is 76.3 cm³/mol. The molecule has 1 rings (SSSR count). The summed E-state index contributed by atoms with van der Waals surface area (Å²) in [6.07, 6.45) is 2.83. The molecule has 1 aromatic rings. The van der Waals surface area contributed by atoms with Crippen LogP contribution >= 0.6 is 11.8 Å². The van der Waals surface area contributed by atoms with Gasteiger partial charge in [-0.15, -0.1) is 11.8 Å². The molecular formula is C13H23N3S. The van der Waals surface area contributed by atoms with E-state index in [-0.39, 0.29) is 6.04 Å². The Bertz CT molecular complexity index is 303. The van der Waals surface area contributed by atoms with Crippen LogP contribution in [0.15, 0.2) is 24.4 Å². The molecular weight excluding hydrogens is 230 g/mol. The highest BCUT2D eigenvalue weighted by Gasteiger charge is 2.19. The number of hydrogen-bond donors (Lipinski definition) is 1. The van der Waals surface area contributed by atoms with E-state index in [9.17, 15) is 0 Å². The van der Waals surface area contributed by atoms with Gasteiger partial charge in [-0.1, -0.05) is 13.0 Å². The fourth-order valence-electron chi connectivity index (χ4n) is 1.55. The topological polar surface area (TPSA) is 42.1 Å². The summed E-state index contributed by atoms with van der Waals surface area (Å²) in [6.45, 7) is 3.21. The first kappa shape index (κ1) is 14.5. The van der Waals surface area contributed by atoms with Gasteiger partial charge in [0.25, 0.3) is 0 Å². The van der Waals surface area contributed by atoms with Gasteiger partial charge >= 0.3 is 0 Å². The molecule has 2 atom stereocenters. The zero-order chi connectivity index (χ0) is 12.7. The molecule has 2 unspecified atom stereocenters. The first-order valence-corrected chi connectivity index (χ1v) is 7.12. The molecule has 0 amide bonds. The van der Waals surface area contributed by atoms with E-state index in [2.05, 4.69) is 37.0 Å². The highest BCUT2D eigenvalue weighted by Crippen LogP contribution is 2.30. The Hall–Kier alpha value is -0.580. The minimum absolute atomic E-state index is 0.178. The number of thioether (sulfide) groups is 1.